The molecule has 0 aliphatic heterocycles. The summed E-state index contributed by atoms with van der Waals surface area (Å²) in [5, 5.41) is 32.0. The van der Waals surface area contributed by atoms with Crippen LogP contribution in [0.15, 0.2) is 0 Å². The van der Waals surface area contributed by atoms with Crippen LogP contribution < -0.4 is 5.32 Å². The molecule has 0 aromatic heterocycles. The Morgan fingerprint density at radius 2 is 1.28 bits per heavy atom. The van der Waals surface area contributed by atoms with E-state index in [9.17, 15) is 19.8 Å². The summed E-state index contributed by atoms with van der Waals surface area (Å²) in [4.78, 5) is 22.7. The summed E-state index contributed by atoms with van der Waals surface area (Å²) < 4.78 is 0. The Balaban J connectivity index is 3.56. The van der Waals surface area contributed by atoms with E-state index in [1.54, 1.807) is 0 Å². The van der Waals surface area contributed by atoms with Crippen LogP contribution in [0.2, 0.25) is 0 Å². The van der Waals surface area contributed by atoms with Crippen LogP contribution in [0.4, 0.5) is 0 Å². The summed E-state index contributed by atoms with van der Waals surface area (Å²) in [6.45, 7) is 6.69. The molecule has 0 aliphatic rings. The van der Waals surface area contributed by atoms with Gasteiger partial charge in [-0.25, -0.2) is 0 Å². The van der Waals surface area contributed by atoms with Gasteiger partial charge in [-0.3, -0.25) is 9.59 Å². The quantitative estimate of drug-likeness (QED) is 0.159. The molecule has 190 valence electrons. The van der Waals surface area contributed by atoms with Crippen LogP contribution in [0.3, 0.4) is 0 Å². The fourth-order valence-electron chi connectivity index (χ4n) is 4.07. The summed E-state index contributed by atoms with van der Waals surface area (Å²) in [7, 11) is 0. The number of nitrogens with one attached hydrogen (secondary N) is 1. The van der Waals surface area contributed by atoms with Crippen LogP contribution in [-0.4, -0.2) is 45.9 Å². The zero-order valence-electron chi connectivity index (χ0n) is 21.0. The molecule has 0 aliphatic carbocycles. The van der Waals surface area contributed by atoms with Gasteiger partial charge in [0.15, 0.2) is 0 Å². The average Bonchev–Trinajstić information content (AvgIpc) is 2.71. The maximum atomic E-state index is 11.9. The number of aliphatic hydroxyl groups excluding tert-OH is 2. The predicted octanol–water partition coefficient (Wildman–Crippen LogP) is 5.59. The standard InChI is InChI=1S/C26H51NO5/c1-4-5-6-7-9-12-16-22(28)23(29)17-13-10-8-11-14-18-24(30)27-20-15-19-26(2,3)21-25(31)32/h22-23,28-29H,4-21H2,1-3H3,(H,27,30)(H,31,32). The normalized spacial score (nSPS) is 13.7. The van der Waals surface area contributed by atoms with Crippen molar-refractivity contribution < 1.29 is 24.9 Å². The lowest BCUT2D eigenvalue weighted by Crippen LogP contribution is -2.26. The third-order valence-electron chi connectivity index (χ3n) is 6.18. The molecule has 0 saturated carbocycles. The van der Waals surface area contributed by atoms with Crippen molar-refractivity contribution in [3.8, 4) is 0 Å². The largest absolute Gasteiger partial charge is 0.481 e. The van der Waals surface area contributed by atoms with Crippen molar-refractivity contribution in [3.05, 3.63) is 0 Å². The number of carbonyl (C=O) groups is 2. The average molecular weight is 458 g/mol. The smallest absolute Gasteiger partial charge is 0.303 e. The third kappa shape index (κ3) is 19.5. The molecular weight excluding hydrogens is 406 g/mol. The lowest BCUT2D eigenvalue weighted by atomic mass is 9.84. The fourth-order valence-corrected chi connectivity index (χ4v) is 4.07. The Labute approximate surface area is 196 Å². The number of rotatable bonds is 22. The summed E-state index contributed by atoms with van der Waals surface area (Å²) >= 11 is 0. The molecule has 0 aromatic carbocycles. The molecular formula is C26H51NO5. The Kier molecular flexibility index (Phi) is 18.7. The summed E-state index contributed by atoms with van der Waals surface area (Å²) in [5.41, 5.74) is -0.242. The van der Waals surface area contributed by atoms with Gasteiger partial charge in [-0.1, -0.05) is 85.0 Å². The van der Waals surface area contributed by atoms with Gasteiger partial charge in [0.1, 0.15) is 0 Å². The molecule has 6 nitrogen and oxygen atoms in total. The minimum absolute atomic E-state index is 0.0641. The van der Waals surface area contributed by atoms with Gasteiger partial charge in [-0.05, 0) is 37.5 Å². The zero-order valence-corrected chi connectivity index (χ0v) is 21.0. The molecule has 2 unspecified atom stereocenters. The van der Waals surface area contributed by atoms with Gasteiger partial charge in [0, 0.05) is 13.0 Å². The first kappa shape index (κ1) is 30.9. The van der Waals surface area contributed by atoms with Crippen molar-refractivity contribution >= 4 is 11.9 Å². The van der Waals surface area contributed by atoms with Gasteiger partial charge in [-0.2, -0.15) is 0 Å². The third-order valence-corrected chi connectivity index (χ3v) is 6.18. The van der Waals surface area contributed by atoms with E-state index in [2.05, 4.69) is 12.2 Å². The Hall–Kier alpha value is -1.14. The Bertz CT molecular complexity index is 481. The van der Waals surface area contributed by atoms with Crippen molar-refractivity contribution in [2.24, 2.45) is 5.41 Å². The molecule has 2 atom stereocenters. The molecule has 0 saturated heterocycles. The van der Waals surface area contributed by atoms with Gasteiger partial charge in [0.05, 0.1) is 18.6 Å². The SMILES string of the molecule is CCCCCCCCC(O)C(O)CCCCCCCC(=O)NCCCC(C)(C)CC(=O)O. The highest BCUT2D eigenvalue weighted by atomic mass is 16.4. The number of hydrogen-bond acceptors (Lipinski definition) is 4. The van der Waals surface area contributed by atoms with E-state index in [0.29, 0.717) is 25.8 Å². The van der Waals surface area contributed by atoms with Gasteiger partial charge in [0.2, 0.25) is 5.91 Å². The van der Waals surface area contributed by atoms with E-state index < -0.39 is 18.2 Å². The van der Waals surface area contributed by atoms with Crippen molar-refractivity contribution in [2.75, 3.05) is 6.54 Å². The molecule has 0 spiro atoms. The topological polar surface area (TPSA) is 107 Å². The summed E-state index contributed by atoms with van der Waals surface area (Å²) in [6, 6.07) is 0. The zero-order chi connectivity index (χ0) is 24.2. The second kappa shape index (κ2) is 19.3. The van der Waals surface area contributed by atoms with E-state index in [4.69, 9.17) is 5.11 Å². The number of carboxylic acids is 1. The minimum atomic E-state index is -0.780. The van der Waals surface area contributed by atoms with E-state index in [0.717, 1.165) is 57.8 Å². The molecule has 0 radical (unpaired) electrons. The Morgan fingerprint density at radius 1 is 0.781 bits per heavy atom. The van der Waals surface area contributed by atoms with Gasteiger partial charge in [0.25, 0.3) is 0 Å². The van der Waals surface area contributed by atoms with Crippen molar-refractivity contribution in [2.45, 2.75) is 142 Å². The molecule has 32 heavy (non-hydrogen) atoms. The van der Waals surface area contributed by atoms with Gasteiger partial charge in [-0.15, -0.1) is 0 Å². The molecule has 4 N–H and O–H groups in total. The maximum Gasteiger partial charge on any atom is 0.303 e. The minimum Gasteiger partial charge on any atom is -0.481 e. The van der Waals surface area contributed by atoms with Crippen LogP contribution in [0.5, 0.6) is 0 Å². The highest BCUT2D eigenvalue weighted by Crippen LogP contribution is 2.26. The van der Waals surface area contributed by atoms with Crippen LogP contribution >= 0.6 is 0 Å². The molecule has 0 heterocycles. The number of unbranched alkanes of at least 4 members (excludes halogenated alkanes) is 9. The monoisotopic (exact) mass is 457 g/mol. The van der Waals surface area contributed by atoms with Crippen LogP contribution in [0, 0.1) is 5.41 Å². The van der Waals surface area contributed by atoms with Crippen LogP contribution in [-0.2, 0) is 9.59 Å². The molecule has 6 heteroatoms. The highest BCUT2D eigenvalue weighted by molar-refractivity contribution is 5.75. The Morgan fingerprint density at radius 3 is 1.81 bits per heavy atom. The number of aliphatic hydroxyl groups is 2. The first-order chi connectivity index (χ1) is 15.2. The molecule has 0 aromatic rings. The molecule has 1 amide bonds. The van der Waals surface area contributed by atoms with E-state index in [-0.39, 0.29) is 17.7 Å². The van der Waals surface area contributed by atoms with Crippen molar-refractivity contribution in [1.82, 2.24) is 5.32 Å². The first-order valence-corrected chi connectivity index (χ1v) is 13.0. The van der Waals surface area contributed by atoms with Gasteiger partial charge < -0.3 is 20.6 Å². The second-order valence-corrected chi connectivity index (χ2v) is 10.2. The number of hydrogen-bond donors (Lipinski definition) is 4. The summed E-state index contributed by atoms with van der Waals surface area (Å²) in [6.07, 6.45) is 14.3. The number of carboxylic acid groups (broad SMARTS) is 1. The number of amides is 1. The highest BCUT2D eigenvalue weighted by Gasteiger charge is 2.21. The molecule has 0 bridgehead atoms. The van der Waals surface area contributed by atoms with Crippen LogP contribution in [0.25, 0.3) is 0 Å². The number of aliphatic carboxylic acids is 1. The maximum absolute atomic E-state index is 11.9. The lowest BCUT2D eigenvalue weighted by Gasteiger charge is -2.22. The number of carbonyl (C=O) groups excluding carboxylic acids is 1. The second-order valence-electron chi connectivity index (χ2n) is 10.2. The lowest BCUT2D eigenvalue weighted by molar-refractivity contribution is -0.139. The first-order valence-electron chi connectivity index (χ1n) is 13.0. The van der Waals surface area contributed by atoms with Crippen LogP contribution in [0.1, 0.15) is 130 Å². The molecule has 0 rings (SSSR count). The fraction of sp³-hybridized carbons (Fsp3) is 0.923. The van der Waals surface area contributed by atoms with E-state index >= 15 is 0 Å². The predicted molar refractivity (Wildman–Crippen MR) is 131 cm³/mol. The molecule has 0 fully saturated rings. The van der Waals surface area contributed by atoms with E-state index in [1.165, 1.54) is 25.7 Å². The summed E-state index contributed by atoms with van der Waals surface area (Å²) in [5.74, 6) is -0.716. The van der Waals surface area contributed by atoms with Crippen molar-refractivity contribution in [3.63, 3.8) is 0 Å². The van der Waals surface area contributed by atoms with Crippen molar-refractivity contribution in [1.29, 1.82) is 0 Å². The van der Waals surface area contributed by atoms with Gasteiger partial charge >= 0.3 is 5.97 Å². The van der Waals surface area contributed by atoms with E-state index in [1.807, 2.05) is 13.8 Å².